The van der Waals surface area contributed by atoms with Gasteiger partial charge in [0.15, 0.2) is 0 Å². The van der Waals surface area contributed by atoms with Crippen LogP contribution in [0.15, 0.2) is 16.4 Å². The summed E-state index contributed by atoms with van der Waals surface area (Å²) in [5, 5.41) is 12.9. The van der Waals surface area contributed by atoms with Crippen molar-refractivity contribution in [3.63, 3.8) is 0 Å². The number of hydrogen-bond donors (Lipinski definition) is 3. The Hall–Kier alpha value is -1.32. The molecule has 10 heavy (non-hydrogen) atoms. The van der Waals surface area contributed by atoms with Crippen molar-refractivity contribution in [3.8, 4) is 0 Å². The van der Waals surface area contributed by atoms with Crippen LogP contribution in [0.4, 0.5) is 0 Å². The van der Waals surface area contributed by atoms with Crippen molar-refractivity contribution in [3.05, 3.63) is 11.4 Å². The molecule has 0 fully saturated rings. The Morgan fingerprint density at radius 1 is 1.90 bits per heavy atom. The fourth-order valence-electron chi connectivity index (χ4n) is 0.761. The second kappa shape index (κ2) is 3.00. The van der Waals surface area contributed by atoms with Crippen LogP contribution < -0.4 is 10.6 Å². The lowest BCUT2D eigenvalue weighted by molar-refractivity contribution is 0.822. The standard InChI is InChI=1S/C6H10N4/c1-8-6-3-9-4-10-5(6)2-7/h2-3,7-8,10H,4H2,1H3. The summed E-state index contributed by atoms with van der Waals surface area (Å²) in [4.78, 5) is 3.97. The Morgan fingerprint density at radius 3 is 3.20 bits per heavy atom. The minimum absolute atomic E-state index is 0.565. The van der Waals surface area contributed by atoms with Crippen molar-refractivity contribution >= 4 is 12.4 Å². The fourth-order valence-corrected chi connectivity index (χ4v) is 0.761. The molecule has 0 spiro atoms. The van der Waals surface area contributed by atoms with Gasteiger partial charge in [0.05, 0.1) is 11.4 Å². The lowest BCUT2D eigenvalue weighted by atomic mass is 10.3. The molecule has 1 heterocycles. The van der Waals surface area contributed by atoms with Gasteiger partial charge in [0, 0.05) is 19.5 Å². The average Bonchev–Trinajstić information content (AvgIpc) is 2.04. The minimum atomic E-state index is 0.565. The number of hydrogen-bond acceptors (Lipinski definition) is 4. The second-order valence-corrected chi connectivity index (χ2v) is 1.87. The molecule has 1 aliphatic heterocycles. The molecule has 0 amide bonds. The van der Waals surface area contributed by atoms with E-state index in [1.807, 2.05) is 0 Å². The summed E-state index contributed by atoms with van der Waals surface area (Å²) in [6, 6.07) is 0. The topological polar surface area (TPSA) is 60.3 Å². The maximum Gasteiger partial charge on any atom is 0.107 e. The zero-order chi connectivity index (χ0) is 7.40. The van der Waals surface area contributed by atoms with E-state index in [1.165, 1.54) is 6.21 Å². The molecule has 1 rings (SSSR count). The molecule has 0 radical (unpaired) electrons. The first-order chi connectivity index (χ1) is 4.88. The molecule has 0 aliphatic carbocycles. The molecule has 0 aromatic carbocycles. The van der Waals surface area contributed by atoms with E-state index >= 15 is 0 Å². The first kappa shape index (κ1) is 6.80. The molecular weight excluding hydrogens is 128 g/mol. The third kappa shape index (κ3) is 1.15. The Labute approximate surface area is 59.5 Å². The van der Waals surface area contributed by atoms with Crippen molar-refractivity contribution in [2.45, 2.75) is 0 Å². The van der Waals surface area contributed by atoms with Gasteiger partial charge in [-0.15, -0.1) is 0 Å². The highest BCUT2D eigenvalue weighted by Crippen LogP contribution is 1.95. The van der Waals surface area contributed by atoms with Crippen LogP contribution >= 0.6 is 0 Å². The number of allylic oxidation sites excluding steroid dienone is 2. The monoisotopic (exact) mass is 138 g/mol. The van der Waals surface area contributed by atoms with E-state index in [9.17, 15) is 0 Å². The van der Waals surface area contributed by atoms with Crippen LogP contribution in [-0.2, 0) is 0 Å². The minimum Gasteiger partial charge on any atom is -0.385 e. The van der Waals surface area contributed by atoms with Gasteiger partial charge in [0.1, 0.15) is 6.67 Å². The Bertz CT molecular complexity index is 192. The lowest BCUT2D eigenvalue weighted by Gasteiger charge is -2.12. The van der Waals surface area contributed by atoms with Crippen LogP contribution in [0.2, 0.25) is 0 Å². The summed E-state index contributed by atoms with van der Waals surface area (Å²) in [6.45, 7) is 0.565. The summed E-state index contributed by atoms with van der Waals surface area (Å²) in [6.07, 6.45) is 2.99. The van der Waals surface area contributed by atoms with E-state index in [0.717, 1.165) is 11.4 Å². The van der Waals surface area contributed by atoms with Crippen LogP contribution in [0.25, 0.3) is 0 Å². The van der Waals surface area contributed by atoms with Crippen molar-refractivity contribution in [1.29, 1.82) is 5.41 Å². The van der Waals surface area contributed by atoms with Gasteiger partial charge in [-0.1, -0.05) is 0 Å². The molecule has 0 aromatic rings. The van der Waals surface area contributed by atoms with Crippen molar-refractivity contribution in [2.24, 2.45) is 4.99 Å². The molecule has 54 valence electrons. The van der Waals surface area contributed by atoms with Crippen LogP contribution in [0, 0.1) is 5.41 Å². The maximum absolute atomic E-state index is 6.98. The summed E-state index contributed by atoms with van der Waals surface area (Å²) in [5.41, 5.74) is 1.65. The number of nitrogens with one attached hydrogen (secondary N) is 3. The van der Waals surface area contributed by atoms with Crippen LogP contribution in [0.3, 0.4) is 0 Å². The number of nitrogens with zero attached hydrogens (tertiary/aromatic N) is 1. The summed E-state index contributed by atoms with van der Waals surface area (Å²) >= 11 is 0. The van der Waals surface area contributed by atoms with Crippen molar-refractivity contribution < 1.29 is 0 Å². The lowest BCUT2D eigenvalue weighted by Crippen LogP contribution is -2.26. The summed E-state index contributed by atoms with van der Waals surface area (Å²) in [7, 11) is 1.80. The maximum atomic E-state index is 6.98. The van der Waals surface area contributed by atoms with E-state index in [2.05, 4.69) is 15.6 Å². The molecule has 0 unspecified atom stereocenters. The first-order valence-corrected chi connectivity index (χ1v) is 3.04. The smallest absolute Gasteiger partial charge is 0.107 e. The predicted octanol–water partition coefficient (Wildman–Crippen LogP) is -0.302. The highest BCUT2D eigenvalue weighted by atomic mass is 15.1. The van der Waals surface area contributed by atoms with Gasteiger partial charge in [-0.2, -0.15) is 0 Å². The molecule has 0 bridgehead atoms. The highest BCUT2D eigenvalue weighted by molar-refractivity contribution is 5.90. The van der Waals surface area contributed by atoms with Gasteiger partial charge in [-0.05, 0) is 0 Å². The molecule has 4 heteroatoms. The second-order valence-electron chi connectivity index (χ2n) is 1.87. The Kier molecular flexibility index (Phi) is 2.04. The molecule has 4 nitrogen and oxygen atoms in total. The van der Waals surface area contributed by atoms with Gasteiger partial charge >= 0.3 is 0 Å². The van der Waals surface area contributed by atoms with E-state index in [-0.39, 0.29) is 0 Å². The van der Waals surface area contributed by atoms with E-state index in [1.54, 1.807) is 13.3 Å². The van der Waals surface area contributed by atoms with Gasteiger partial charge in [-0.25, -0.2) is 0 Å². The van der Waals surface area contributed by atoms with Gasteiger partial charge < -0.3 is 16.0 Å². The zero-order valence-electron chi connectivity index (χ0n) is 5.81. The van der Waals surface area contributed by atoms with E-state index < -0.39 is 0 Å². The normalized spacial score (nSPS) is 16.5. The quantitative estimate of drug-likeness (QED) is 0.459. The van der Waals surface area contributed by atoms with Gasteiger partial charge in [0.2, 0.25) is 0 Å². The molecule has 1 aliphatic rings. The largest absolute Gasteiger partial charge is 0.385 e. The third-order valence-electron chi connectivity index (χ3n) is 1.29. The van der Waals surface area contributed by atoms with Crippen molar-refractivity contribution in [2.75, 3.05) is 13.7 Å². The Morgan fingerprint density at radius 2 is 2.70 bits per heavy atom. The third-order valence-corrected chi connectivity index (χ3v) is 1.29. The van der Waals surface area contributed by atoms with Crippen molar-refractivity contribution in [1.82, 2.24) is 10.6 Å². The SMILES string of the molecule is CNC1=C(C=N)NCN=C1. The summed E-state index contributed by atoms with van der Waals surface area (Å²) < 4.78 is 0. The molecule has 0 saturated carbocycles. The van der Waals surface area contributed by atoms with Crippen LogP contribution in [0.5, 0.6) is 0 Å². The molecule has 0 saturated heterocycles. The summed E-state index contributed by atoms with van der Waals surface area (Å²) in [5.74, 6) is 0. The van der Waals surface area contributed by atoms with E-state index in [0.29, 0.717) is 6.67 Å². The molecule has 0 aromatic heterocycles. The number of aliphatic imine (C=N–C) groups is 1. The predicted molar refractivity (Wildman–Crippen MR) is 41.4 cm³/mol. The zero-order valence-corrected chi connectivity index (χ0v) is 5.81. The Balaban J connectivity index is 2.83. The van der Waals surface area contributed by atoms with Gasteiger partial charge in [0.25, 0.3) is 0 Å². The fraction of sp³-hybridized carbons (Fsp3) is 0.333. The average molecular weight is 138 g/mol. The van der Waals surface area contributed by atoms with Gasteiger partial charge in [-0.3, -0.25) is 4.99 Å². The van der Waals surface area contributed by atoms with Crippen LogP contribution in [0.1, 0.15) is 0 Å². The molecule has 3 N–H and O–H groups in total. The van der Waals surface area contributed by atoms with Crippen LogP contribution in [-0.4, -0.2) is 26.1 Å². The first-order valence-electron chi connectivity index (χ1n) is 3.04. The molecular formula is C6H10N4. The van der Waals surface area contributed by atoms with E-state index in [4.69, 9.17) is 5.41 Å². The molecule has 0 atom stereocenters. The highest BCUT2D eigenvalue weighted by Gasteiger charge is 2.02. The number of rotatable bonds is 2.